The monoisotopic (exact) mass is 235 g/mol. The Morgan fingerprint density at radius 2 is 1.76 bits per heavy atom. The van der Waals surface area contributed by atoms with E-state index in [9.17, 15) is 0 Å². The van der Waals surface area contributed by atoms with Gasteiger partial charge in [0.25, 0.3) is 0 Å². The fourth-order valence-corrected chi connectivity index (χ4v) is 1.79. The van der Waals surface area contributed by atoms with Crippen LogP contribution in [0.15, 0.2) is 18.2 Å². The molecule has 96 valence electrons. The molecule has 1 rings (SSSR count). The van der Waals surface area contributed by atoms with Crippen LogP contribution in [0.5, 0.6) is 5.75 Å². The van der Waals surface area contributed by atoms with E-state index in [0.29, 0.717) is 5.92 Å². The SMILES string of the molecule is CC(C)Oc1ccc(C(C)C)cc1CN(C)C. The fourth-order valence-electron chi connectivity index (χ4n) is 1.79. The number of ether oxygens (including phenoxy) is 1. The topological polar surface area (TPSA) is 12.5 Å². The first-order chi connectivity index (χ1) is 7.90. The zero-order chi connectivity index (χ0) is 13.0. The summed E-state index contributed by atoms with van der Waals surface area (Å²) in [5, 5.41) is 0. The van der Waals surface area contributed by atoms with Gasteiger partial charge in [0.15, 0.2) is 0 Å². The van der Waals surface area contributed by atoms with Crippen molar-refractivity contribution in [2.75, 3.05) is 14.1 Å². The van der Waals surface area contributed by atoms with Crippen LogP contribution in [0.4, 0.5) is 0 Å². The van der Waals surface area contributed by atoms with Gasteiger partial charge in [-0.15, -0.1) is 0 Å². The molecule has 2 heteroatoms. The van der Waals surface area contributed by atoms with Crippen LogP contribution in [0.2, 0.25) is 0 Å². The van der Waals surface area contributed by atoms with Crippen LogP contribution in [0.25, 0.3) is 0 Å². The summed E-state index contributed by atoms with van der Waals surface area (Å²) in [7, 11) is 4.17. The summed E-state index contributed by atoms with van der Waals surface area (Å²) in [4.78, 5) is 2.17. The van der Waals surface area contributed by atoms with Crippen molar-refractivity contribution in [2.24, 2.45) is 0 Å². The van der Waals surface area contributed by atoms with Gasteiger partial charge >= 0.3 is 0 Å². The second-order valence-corrected chi connectivity index (χ2v) is 5.43. The summed E-state index contributed by atoms with van der Waals surface area (Å²) < 4.78 is 5.85. The average molecular weight is 235 g/mol. The summed E-state index contributed by atoms with van der Waals surface area (Å²) in [6.45, 7) is 9.49. The predicted molar refractivity (Wildman–Crippen MR) is 73.7 cm³/mol. The van der Waals surface area contributed by atoms with Crippen molar-refractivity contribution in [1.29, 1.82) is 0 Å². The van der Waals surface area contributed by atoms with Crippen molar-refractivity contribution in [3.05, 3.63) is 29.3 Å². The standard InChI is InChI=1S/C15H25NO/c1-11(2)13-7-8-15(17-12(3)4)14(9-13)10-16(5)6/h7-9,11-12H,10H2,1-6H3. The molecule has 0 heterocycles. The van der Waals surface area contributed by atoms with Gasteiger partial charge in [-0.25, -0.2) is 0 Å². The van der Waals surface area contributed by atoms with Crippen molar-refractivity contribution in [2.45, 2.75) is 46.3 Å². The Hall–Kier alpha value is -1.02. The van der Waals surface area contributed by atoms with Crippen LogP contribution >= 0.6 is 0 Å². The highest BCUT2D eigenvalue weighted by Gasteiger charge is 2.09. The summed E-state index contributed by atoms with van der Waals surface area (Å²) in [6, 6.07) is 6.54. The van der Waals surface area contributed by atoms with E-state index in [0.717, 1.165) is 12.3 Å². The molecule has 0 saturated carbocycles. The Balaban J connectivity index is 3.03. The van der Waals surface area contributed by atoms with Crippen LogP contribution in [0.3, 0.4) is 0 Å². The molecule has 0 amide bonds. The van der Waals surface area contributed by atoms with E-state index >= 15 is 0 Å². The summed E-state index contributed by atoms with van der Waals surface area (Å²) in [5.41, 5.74) is 2.65. The molecule has 0 aliphatic heterocycles. The highest BCUT2D eigenvalue weighted by Crippen LogP contribution is 2.26. The summed E-state index contributed by atoms with van der Waals surface area (Å²) in [6.07, 6.45) is 0.223. The van der Waals surface area contributed by atoms with Gasteiger partial charge in [0.05, 0.1) is 6.10 Å². The number of benzene rings is 1. The zero-order valence-corrected chi connectivity index (χ0v) is 11.9. The highest BCUT2D eigenvalue weighted by atomic mass is 16.5. The lowest BCUT2D eigenvalue weighted by molar-refractivity contribution is 0.236. The maximum atomic E-state index is 5.85. The third-order valence-corrected chi connectivity index (χ3v) is 2.60. The van der Waals surface area contributed by atoms with Gasteiger partial charge in [-0.05, 0) is 45.5 Å². The second-order valence-electron chi connectivity index (χ2n) is 5.43. The maximum absolute atomic E-state index is 5.85. The van der Waals surface area contributed by atoms with E-state index in [1.54, 1.807) is 0 Å². The Bertz CT molecular complexity index is 356. The first-order valence-corrected chi connectivity index (χ1v) is 6.34. The van der Waals surface area contributed by atoms with Crippen LogP contribution in [0.1, 0.15) is 44.7 Å². The van der Waals surface area contributed by atoms with E-state index in [2.05, 4.69) is 64.9 Å². The van der Waals surface area contributed by atoms with Crippen molar-refractivity contribution in [3.8, 4) is 5.75 Å². The number of nitrogens with zero attached hydrogens (tertiary/aromatic N) is 1. The summed E-state index contributed by atoms with van der Waals surface area (Å²) in [5.74, 6) is 1.57. The Labute approximate surface area is 106 Å². The van der Waals surface area contributed by atoms with Gasteiger partial charge in [-0.3, -0.25) is 0 Å². The minimum atomic E-state index is 0.223. The molecule has 0 saturated heterocycles. The minimum Gasteiger partial charge on any atom is -0.491 e. The van der Waals surface area contributed by atoms with E-state index in [4.69, 9.17) is 4.74 Å². The fraction of sp³-hybridized carbons (Fsp3) is 0.600. The van der Waals surface area contributed by atoms with Crippen LogP contribution in [0, 0.1) is 0 Å². The Morgan fingerprint density at radius 1 is 1.12 bits per heavy atom. The molecular weight excluding hydrogens is 210 g/mol. The first kappa shape index (κ1) is 14.0. The van der Waals surface area contributed by atoms with Crippen molar-refractivity contribution >= 4 is 0 Å². The van der Waals surface area contributed by atoms with E-state index in [-0.39, 0.29) is 6.10 Å². The van der Waals surface area contributed by atoms with Gasteiger partial charge in [0, 0.05) is 12.1 Å². The third kappa shape index (κ3) is 4.39. The second kappa shape index (κ2) is 6.06. The lowest BCUT2D eigenvalue weighted by Crippen LogP contribution is -2.14. The lowest BCUT2D eigenvalue weighted by Gasteiger charge is -2.19. The van der Waals surface area contributed by atoms with Crippen LogP contribution in [-0.2, 0) is 6.54 Å². The molecule has 0 radical (unpaired) electrons. The van der Waals surface area contributed by atoms with Crippen molar-refractivity contribution in [1.82, 2.24) is 4.90 Å². The van der Waals surface area contributed by atoms with Crippen LogP contribution in [-0.4, -0.2) is 25.1 Å². The highest BCUT2D eigenvalue weighted by molar-refractivity contribution is 5.38. The molecule has 0 N–H and O–H groups in total. The largest absolute Gasteiger partial charge is 0.491 e. The third-order valence-electron chi connectivity index (χ3n) is 2.60. The number of hydrogen-bond acceptors (Lipinski definition) is 2. The molecule has 1 aromatic rings. The molecule has 0 fully saturated rings. The normalized spacial score (nSPS) is 11.6. The van der Waals surface area contributed by atoms with Crippen molar-refractivity contribution in [3.63, 3.8) is 0 Å². The molecule has 0 bridgehead atoms. The smallest absolute Gasteiger partial charge is 0.124 e. The molecule has 0 atom stereocenters. The predicted octanol–water partition coefficient (Wildman–Crippen LogP) is 3.66. The molecular formula is C15H25NO. The molecule has 0 aliphatic carbocycles. The van der Waals surface area contributed by atoms with Gasteiger partial charge in [0.2, 0.25) is 0 Å². The molecule has 1 aromatic carbocycles. The molecule has 2 nitrogen and oxygen atoms in total. The van der Waals surface area contributed by atoms with E-state index in [1.807, 2.05) is 0 Å². The molecule has 0 aliphatic rings. The molecule has 0 unspecified atom stereocenters. The quantitative estimate of drug-likeness (QED) is 0.772. The molecule has 17 heavy (non-hydrogen) atoms. The zero-order valence-electron chi connectivity index (χ0n) is 11.9. The van der Waals surface area contributed by atoms with Gasteiger partial charge in [-0.1, -0.05) is 26.0 Å². The van der Waals surface area contributed by atoms with Crippen molar-refractivity contribution < 1.29 is 4.74 Å². The van der Waals surface area contributed by atoms with Gasteiger partial charge < -0.3 is 9.64 Å². The first-order valence-electron chi connectivity index (χ1n) is 6.34. The summed E-state index contributed by atoms with van der Waals surface area (Å²) >= 11 is 0. The lowest BCUT2D eigenvalue weighted by atomic mass is 10.00. The average Bonchev–Trinajstić information content (AvgIpc) is 2.18. The Kier molecular flexibility index (Phi) is 5.01. The number of rotatable bonds is 5. The van der Waals surface area contributed by atoms with Crippen LogP contribution < -0.4 is 4.74 Å². The maximum Gasteiger partial charge on any atom is 0.124 e. The van der Waals surface area contributed by atoms with Gasteiger partial charge in [0.1, 0.15) is 5.75 Å². The number of hydrogen-bond donors (Lipinski definition) is 0. The molecule has 0 aromatic heterocycles. The van der Waals surface area contributed by atoms with Gasteiger partial charge in [-0.2, -0.15) is 0 Å². The minimum absolute atomic E-state index is 0.223. The van der Waals surface area contributed by atoms with E-state index in [1.165, 1.54) is 11.1 Å². The molecule has 0 spiro atoms. The Morgan fingerprint density at radius 3 is 2.24 bits per heavy atom. The van der Waals surface area contributed by atoms with E-state index < -0.39 is 0 Å².